The first-order chi connectivity index (χ1) is 14.5. The Hall–Kier alpha value is -3.23. The molecule has 0 aromatic heterocycles. The van der Waals surface area contributed by atoms with Crippen LogP contribution in [0.2, 0.25) is 0 Å². The van der Waals surface area contributed by atoms with Crippen LogP contribution in [0.3, 0.4) is 0 Å². The van der Waals surface area contributed by atoms with E-state index in [0.29, 0.717) is 17.7 Å². The molecule has 2 aromatic carbocycles. The summed E-state index contributed by atoms with van der Waals surface area (Å²) in [5, 5.41) is 2.63. The standard InChI is InChI=1S/C22H23NO7/c1-3-23-19(24)17-16(28-20(25)14-10-6-4-7-11-14)18(22(27-2)30-17)29-21(26)15-12-8-5-9-13-15/h4-13,16-18,22H,3H2,1-2H3,(H,23,24)/t16-,17-,18+,22+/m0/s1. The number of amides is 1. The molecule has 1 N–H and O–H groups in total. The van der Waals surface area contributed by atoms with Gasteiger partial charge in [0.05, 0.1) is 11.1 Å². The second kappa shape index (κ2) is 10.00. The van der Waals surface area contributed by atoms with Crippen LogP contribution in [0, 0.1) is 0 Å². The number of carbonyl (C=O) groups is 3. The Kier molecular flexibility index (Phi) is 7.16. The minimum atomic E-state index is -1.20. The van der Waals surface area contributed by atoms with Gasteiger partial charge in [0.25, 0.3) is 5.91 Å². The highest BCUT2D eigenvalue weighted by atomic mass is 16.7. The van der Waals surface area contributed by atoms with E-state index < -0.39 is 42.4 Å². The molecule has 0 radical (unpaired) electrons. The first kappa shape index (κ1) is 21.5. The van der Waals surface area contributed by atoms with Gasteiger partial charge in [-0.15, -0.1) is 0 Å². The van der Waals surface area contributed by atoms with Crippen molar-refractivity contribution >= 4 is 17.8 Å². The van der Waals surface area contributed by atoms with Gasteiger partial charge in [0, 0.05) is 13.7 Å². The molecule has 0 spiro atoms. The Morgan fingerprint density at radius 2 is 1.37 bits per heavy atom. The predicted molar refractivity (Wildman–Crippen MR) is 106 cm³/mol. The molecular formula is C22H23NO7. The van der Waals surface area contributed by atoms with Gasteiger partial charge in [-0.05, 0) is 31.2 Å². The number of ether oxygens (including phenoxy) is 4. The van der Waals surface area contributed by atoms with E-state index in [2.05, 4.69) is 5.32 Å². The van der Waals surface area contributed by atoms with E-state index in [1.807, 2.05) is 0 Å². The predicted octanol–water partition coefficient (Wildman–Crippen LogP) is 1.94. The summed E-state index contributed by atoms with van der Waals surface area (Å²) < 4.78 is 22.0. The van der Waals surface area contributed by atoms with E-state index >= 15 is 0 Å². The second-order valence-corrected chi connectivity index (χ2v) is 6.53. The van der Waals surface area contributed by atoms with Gasteiger partial charge in [-0.1, -0.05) is 36.4 Å². The van der Waals surface area contributed by atoms with Crippen molar-refractivity contribution in [3.63, 3.8) is 0 Å². The number of likely N-dealkylation sites (N-methyl/N-ethyl adjacent to an activating group) is 1. The Labute approximate surface area is 174 Å². The molecular weight excluding hydrogens is 390 g/mol. The van der Waals surface area contributed by atoms with Gasteiger partial charge >= 0.3 is 11.9 Å². The maximum atomic E-state index is 12.6. The van der Waals surface area contributed by atoms with Crippen LogP contribution in [0.25, 0.3) is 0 Å². The minimum Gasteiger partial charge on any atom is -0.451 e. The zero-order chi connectivity index (χ0) is 21.5. The summed E-state index contributed by atoms with van der Waals surface area (Å²) in [5.74, 6) is -1.82. The number of hydrogen-bond acceptors (Lipinski definition) is 7. The fraction of sp³-hybridized carbons (Fsp3) is 0.318. The lowest BCUT2D eigenvalue weighted by Crippen LogP contribution is -2.46. The zero-order valence-corrected chi connectivity index (χ0v) is 16.6. The van der Waals surface area contributed by atoms with E-state index in [9.17, 15) is 14.4 Å². The van der Waals surface area contributed by atoms with Crippen LogP contribution in [0.1, 0.15) is 27.6 Å². The van der Waals surface area contributed by atoms with E-state index in [-0.39, 0.29) is 0 Å². The van der Waals surface area contributed by atoms with Gasteiger partial charge < -0.3 is 24.3 Å². The summed E-state index contributed by atoms with van der Waals surface area (Å²) >= 11 is 0. The fourth-order valence-electron chi connectivity index (χ4n) is 3.09. The van der Waals surface area contributed by atoms with Crippen molar-refractivity contribution in [2.45, 2.75) is 31.5 Å². The van der Waals surface area contributed by atoms with E-state index in [1.165, 1.54) is 7.11 Å². The zero-order valence-electron chi connectivity index (χ0n) is 16.6. The molecule has 1 amide bonds. The van der Waals surface area contributed by atoms with Crippen LogP contribution in [0.15, 0.2) is 60.7 Å². The average Bonchev–Trinajstić information content (AvgIpc) is 3.12. The number of benzene rings is 2. The molecule has 2 aromatic rings. The molecule has 0 unspecified atom stereocenters. The Morgan fingerprint density at radius 1 is 0.867 bits per heavy atom. The summed E-state index contributed by atoms with van der Waals surface area (Å²) in [6, 6.07) is 16.6. The Balaban J connectivity index is 1.86. The van der Waals surface area contributed by atoms with Gasteiger partial charge in [-0.3, -0.25) is 4.79 Å². The van der Waals surface area contributed by atoms with Crippen LogP contribution in [-0.2, 0) is 23.7 Å². The number of methoxy groups -OCH3 is 1. The molecule has 0 saturated carbocycles. The monoisotopic (exact) mass is 413 g/mol. The maximum absolute atomic E-state index is 12.6. The molecule has 8 nitrogen and oxygen atoms in total. The first-order valence-electron chi connectivity index (χ1n) is 9.53. The normalized spacial score (nSPS) is 22.9. The maximum Gasteiger partial charge on any atom is 0.338 e. The van der Waals surface area contributed by atoms with Crippen molar-refractivity contribution in [1.29, 1.82) is 0 Å². The average molecular weight is 413 g/mol. The van der Waals surface area contributed by atoms with Gasteiger partial charge in [-0.25, -0.2) is 9.59 Å². The highest BCUT2D eigenvalue weighted by Gasteiger charge is 2.53. The molecule has 1 heterocycles. The van der Waals surface area contributed by atoms with Crippen molar-refractivity contribution in [3.05, 3.63) is 71.8 Å². The lowest BCUT2D eigenvalue weighted by Gasteiger charge is -2.23. The van der Waals surface area contributed by atoms with E-state index in [4.69, 9.17) is 18.9 Å². The molecule has 4 atom stereocenters. The number of carbonyl (C=O) groups excluding carboxylic acids is 3. The molecule has 1 fully saturated rings. The van der Waals surface area contributed by atoms with Crippen LogP contribution in [0.4, 0.5) is 0 Å². The largest absolute Gasteiger partial charge is 0.451 e. The Bertz CT molecular complexity index is 872. The molecule has 3 rings (SSSR count). The second-order valence-electron chi connectivity index (χ2n) is 6.53. The lowest BCUT2D eigenvalue weighted by molar-refractivity contribution is -0.161. The summed E-state index contributed by atoms with van der Waals surface area (Å²) in [7, 11) is 1.35. The third-order valence-electron chi connectivity index (χ3n) is 4.52. The third-order valence-corrected chi connectivity index (χ3v) is 4.52. The van der Waals surface area contributed by atoms with Crippen molar-refractivity contribution < 1.29 is 33.3 Å². The summed E-state index contributed by atoms with van der Waals surface area (Å²) in [4.78, 5) is 37.7. The summed E-state index contributed by atoms with van der Waals surface area (Å²) in [6.45, 7) is 2.10. The summed E-state index contributed by atoms with van der Waals surface area (Å²) in [6.07, 6.45) is -4.61. The molecule has 0 aliphatic carbocycles. The van der Waals surface area contributed by atoms with Gasteiger partial charge in [0.1, 0.15) is 0 Å². The van der Waals surface area contributed by atoms with Gasteiger partial charge in [0.15, 0.2) is 24.6 Å². The van der Waals surface area contributed by atoms with Crippen molar-refractivity contribution in [3.8, 4) is 0 Å². The summed E-state index contributed by atoms with van der Waals surface area (Å²) in [5.41, 5.74) is 0.600. The number of nitrogens with one attached hydrogen (secondary N) is 1. The van der Waals surface area contributed by atoms with Crippen LogP contribution in [0.5, 0.6) is 0 Å². The van der Waals surface area contributed by atoms with Crippen molar-refractivity contribution in [2.24, 2.45) is 0 Å². The highest BCUT2D eigenvalue weighted by molar-refractivity contribution is 5.91. The quantitative estimate of drug-likeness (QED) is 0.693. The molecule has 1 aliphatic rings. The third kappa shape index (κ3) is 4.84. The molecule has 158 valence electrons. The van der Waals surface area contributed by atoms with Crippen LogP contribution < -0.4 is 5.32 Å². The SMILES string of the molecule is CCNC(=O)[C@H]1O[C@@H](OC)[C@H](OC(=O)c2ccccc2)[C@H]1OC(=O)c1ccccc1. The minimum absolute atomic E-state index is 0.293. The number of esters is 2. The molecule has 8 heteroatoms. The van der Waals surface area contributed by atoms with Gasteiger partial charge in [-0.2, -0.15) is 0 Å². The smallest absolute Gasteiger partial charge is 0.338 e. The van der Waals surface area contributed by atoms with Crippen molar-refractivity contribution in [2.75, 3.05) is 13.7 Å². The number of rotatable bonds is 7. The number of hydrogen-bond donors (Lipinski definition) is 1. The van der Waals surface area contributed by atoms with Crippen molar-refractivity contribution in [1.82, 2.24) is 5.32 Å². The van der Waals surface area contributed by atoms with Gasteiger partial charge in [0.2, 0.25) is 0 Å². The topological polar surface area (TPSA) is 100 Å². The lowest BCUT2D eigenvalue weighted by atomic mass is 10.1. The Morgan fingerprint density at radius 3 is 1.83 bits per heavy atom. The van der Waals surface area contributed by atoms with E-state index in [0.717, 1.165) is 0 Å². The first-order valence-corrected chi connectivity index (χ1v) is 9.53. The van der Waals surface area contributed by atoms with E-state index in [1.54, 1.807) is 67.6 Å². The molecule has 30 heavy (non-hydrogen) atoms. The molecule has 1 saturated heterocycles. The van der Waals surface area contributed by atoms with Crippen LogP contribution >= 0.6 is 0 Å². The molecule has 1 aliphatic heterocycles. The van der Waals surface area contributed by atoms with Crippen LogP contribution in [-0.4, -0.2) is 56.1 Å². The molecule has 0 bridgehead atoms. The highest BCUT2D eigenvalue weighted by Crippen LogP contribution is 2.29. The fourth-order valence-corrected chi connectivity index (χ4v) is 3.09.